The molecule has 1 aromatic rings. The first-order chi connectivity index (χ1) is 7.88. The summed E-state index contributed by atoms with van der Waals surface area (Å²) in [6, 6.07) is 5.72. The van der Waals surface area contributed by atoms with E-state index in [-0.39, 0.29) is 6.61 Å². The Morgan fingerprint density at radius 2 is 2.12 bits per heavy atom. The number of unbranched alkanes of at least 4 members (excludes halogenated alkanes) is 3. The third-order valence-corrected chi connectivity index (χ3v) is 2.31. The summed E-state index contributed by atoms with van der Waals surface area (Å²) >= 11 is 0. The summed E-state index contributed by atoms with van der Waals surface area (Å²) in [4.78, 5) is 3.97. The van der Waals surface area contributed by atoms with Gasteiger partial charge < -0.3 is 10.4 Å². The lowest BCUT2D eigenvalue weighted by Crippen LogP contribution is -2.04. The molecule has 0 aromatic carbocycles. The van der Waals surface area contributed by atoms with Crippen LogP contribution in [0.5, 0.6) is 0 Å². The van der Waals surface area contributed by atoms with Crippen molar-refractivity contribution >= 4 is 5.69 Å². The van der Waals surface area contributed by atoms with Gasteiger partial charge in [0.05, 0.1) is 5.69 Å². The molecule has 4 heteroatoms. The molecule has 0 saturated heterocycles. The second-order valence-electron chi connectivity index (χ2n) is 3.58. The number of aliphatic hydroxyl groups excluding tert-OH is 1. The molecule has 0 radical (unpaired) electrons. The van der Waals surface area contributed by atoms with Crippen LogP contribution in [0.4, 0.5) is 5.69 Å². The summed E-state index contributed by atoms with van der Waals surface area (Å²) in [6.07, 6.45) is 5.67. The van der Waals surface area contributed by atoms with Gasteiger partial charge >= 0.3 is 0 Å². The maximum absolute atomic E-state index is 8.81. The summed E-state index contributed by atoms with van der Waals surface area (Å²) in [6.45, 7) is 1.11. The Balaban J connectivity index is 2.24. The van der Waals surface area contributed by atoms with Gasteiger partial charge in [-0.3, -0.25) is 0 Å². The van der Waals surface area contributed by atoms with Crippen LogP contribution in [0.15, 0.2) is 18.3 Å². The fraction of sp³-hybridized carbons (Fsp3) is 0.500. The Labute approximate surface area is 95.9 Å². The summed E-state index contributed by atoms with van der Waals surface area (Å²) < 4.78 is 0. The van der Waals surface area contributed by atoms with Crippen LogP contribution in [0, 0.1) is 11.3 Å². The van der Waals surface area contributed by atoms with Crippen LogP contribution in [0.1, 0.15) is 31.4 Å². The Morgan fingerprint density at radius 1 is 1.31 bits per heavy atom. The zero-order valence-corrected chi connectivity index (χ0v) is 9.32. The number of anilines is 1. The van der Waals surface area contributed by atoms with Gasteiger partial charge in [-0.25, -0.2) is 4.98 Å². The molecular weight excluding hydrogens is 202 g/mol. The zero-order chi connectivity index (χ0) is 11.6. The van der Waals surface area contributed by atoms with E-state index in [0.29, 0.717) is 5.69 Å². The van der Waals surface area contributed by atoms with Crippen LogP contribution in [0.3, 0.4) is 0 Å². The first-order valence-electron chi connectivity index (χ1n) is 5.58. The van der Waals surface area contributed by atoms with Crippen molar-refractivity contribution in [2.24, 2.45) is 0 Å². The number of hydrogen-bond donors (Lipinski definition) is 2. The monoisotopic (exact) mass is 219 g/mol. The number of pyridine rings is 1. The van der Waals surface area contributed by atoms with E-state index in [9.17, 15) is 0 Å². The number of aliphatic hydroxyl groups is 1. The summed E-state index contributed by atoms with van der Waals surface area (Å²) in [5, 5.41) is 20.6. The lowest BCUT2D eigenvalue weighted by Gasteiger charge is -2.06. The maximum atomic E-state index is 8.81. The van der Waals surface area contributed by atoms with Crippen LogP contribution >= 0.6 is 0 Å². The predicted octanol–water partition coefficient (Wildman–Crippen LogP) is 1.92. The molecule has 0 spiro atoms. The van der Waals surface area contributed by atoms with Gasteiger partial charge in [-0.05, 0) is 25.0 Å². The van der Waals surface area contributed by atoms with Gasteiger partial charge in [-0.1, -0.05) is 12.8 Å². The molecule has 0 aliphatic carbocycles. The van der Waals surface area contributed by atoms with Gasteiger partial charge in [0.15, 0.2) is 5.69 Å². The van der Waals surface area contributed by atoms with E-state index in [4.69, 9.17) is 10.4 Å². The van der Waals surface area contributed by atoms with Gasteiger partial charge in [-0.15, -0.1) is 0 Å². The van der Waals surface area contributed by atoms with E-state index < -0.39 is 0 Å². The van der Waals surface area contributed by atoms with Crippen molar-refractivity contribution in [1.82, 2.24) is 4.98 Å². The number of aromatic nitrogens is 1. The quantitative estimate of drug-likeness (QED) is 0.687. The first kappa shape index (κ1) is 12.5. The van der Waals surface area contributed by atoms with Crippen molar-refractivity contribution in [2.75, 3.05) is 18.5 Å². The molecular formula is C12H17N3O. The van der Waals surface area contributed by atoms with Crippen molar-refractivity contribution in [3.05, 3.63) is 24.0 Å². The van der Waals surface area contributed by atoms with Crippen molar-refractivity contribution in [1.29, 1.82) is 5.26 Å². The minimum atomic E-state index is 0.272. The van der Waals surface area contributed by atoms with E-state index in [2.05, 4.69) is 16.4 Å². The molecule has 0 atom stereocenters. The molecule has 2 N–H and O–H groups in total. The molecule has 0 bridgehead atoms. The largest absolute Gasteiger partial charge is 0.396 e. The predicted molar refractivity (Wildman–Crippen MR) is 63.0 cm³/mol. The van der Waals surface area contributed by atoms with Crippen molar-refractivity contribution in [3.63, 3.8) is 0 Å². The number of nitrogens with one attached hydrogen (secondary N) is 1. The lowest BCUT2D eigenvalue weighted by atomic mass is 10.2. The van der Waals surface area contributed by atoms with Gasteiger partial charge in [0, 0.05) is 19.3 Å². The average molecular weight is 219 g/mol. The second kappa shape index (κ2) is 7.66. The molecule has 16 heavy (non-hydrogen) atoms. The summed E-state index contributed by atoms with van der Waals surface area (Å²) in [5.41, 5.74) is 1.24. The van der Waals surface area contributed by atoms with Crippen molar-refractivity contribution < 1.29 is 5.11 Å². The fourth-order valence-corrected chi connectivity index (χ4v) is 1.45. The molecule has 0 aliphatic rings. The zero-order valence-electron chi connectivity index (χ0n) is 9.32. The Kier molecular flexibility index (Phi) is 5.97. The van der Waals surface area contributed by atoms with Crippen LogP contribution in [-0.4, -0.2) is 23.2 Å². The molecule has 1 heterocycles. The van der Waals surface area contributed by atoms with E-state index in [0.717, 1.165) is 37.9 Å². The minimum Gasteiger partial charge on any atom is -0.396 e. The van der Waals surface area contributed by atoms with Crippen LogP contribution in [0.25, 0.3) is 0 Å². The number of rotatable bonds is 7. The Hall–Kier alpha value is -1.60. The lowest BCUT2D eigenvalue weighted by molar-refractivity contribution is 0.283. The molecule has 1 aromatic heterocycles. The van der Waals surface area contributed by atoms with Crippen molar-refractivity contribution in [3.8, 4) is 6.07 Å². The third kappa shape index (κ3) is 4.28. The van der Waals surface area contributed by atoms with Gasteiger partial charge in [-0.2, -0.15) is 5.26 Å². The van der Waals surface area contributed by atoms with Gasteiger partial charge in [0.1, 0.15) is 6.07 Å². The number of nitrogens with zero attached hydrogens (tertiary/aromatic N) is 2. The maximum Gasteiger partial charge on any atom is 0.163 e. The molecule has 0 fully saturated rings. The van der Waals surface area contributed by atoms with E-state index >= 15 is 0 Å². The summed E-state index contributed by atoms with van der Waals surface area (Å²) in [5.74, 6) is 0. The number of nitriles is 1. The molecule has 86 valence electrons. The highest BCUT2D eigenvalue weighted by molar-refractivity contribution is 5.53. The van der Waals surface area contributed by atoms with Crippen LogP contribution in [0.2, 0.25) is 0 Å². The van der Waals surface area contributed by atoms with Gasteiger partial charge in [0.2, 0.25) is 0 Å². The highest BCUT2D eigenvalue weighted by Gasteiger charge is 2.00. The number of hydrogen-bond acceptors (Lipinski definition) is 4. The van der Waals surface area contributed by atoms with E-state index in [1.807, 2.05) is 12.1 Å². The average Bonchev–Trinajstić information content (AvgIpc) is 2.34. The fourth-order valence-electron chi connectivity index (χ4n) is 1.45. The highest BCUT2D eigenvalue weighted by atomic mass is 16.2. The Bertz CT molecular complexity index is 346. The molecule has 0 aliphatic heterocycles. The third-order valence-electron chi connectivity index (χ3n) is 2.31. The smallest absolute Gasteiger partial charge is 0.163 e. The SMILES string of the molecule is N#Cc1ncccc1NCCCCCCO. The van der Waals surface area contributed by atoms with E-state index in [1.54, 1.807) is 6.20 Å². The molecule has 1 rings (SSSR count). The van der Waals surface area contributed by atoms with Gasteiger partial charge in [0.25, 0.3) is 0 Å². The normalized spacial score (nSPS) is 9.75. The first-order valence-corrected chi connectivity index (χ1v) is 5.58. The molecule has 0 saturated carbocycles. The molecule has 0 amide bonds. The summed E-state index contributed by atoms with van der Waals surface area (Å²) in [7, 11) is 0. The van der Waals surface area contributed by atoms with Crippen LogP contribution in [-0.2, 0) is 0 Å². The topological polar surface area (TPSA) is 68.9 Å². The minimum absolute atomic E-state index is 0.272. The standard InChI is InChI=1S/C12H17N3O/c13-10-12-11(6-5-8-15-12)14-7-3-1-2-4-9-16/h5-6,8,14,16H,1-4,7,9H2. The van der Waals surface area contributed by atoms with E-state index in [1.165, 1.54) is 0 Å². The highest BCUT2D eigenvalue weighted by Crippen LogP contribution is 2.10. The van der Waals surface area contributed by atoms with Crippen molar-refractivity contribution in [2.45, 2.75) is 25.7 Å². The van der Waals surface area contributed by atoms with Crippen LogP contribution < -0.4 is 5.32 Å². The molecule has 0 unspecified atom stereocenters. The second-order valence-corrected chi connectivity index (χ2v) is 3.58. The Morgan fingerprint density at radius 3 is 2.88 bits per heavy atom. The molecule has 4 nitrogen and oxygen atoms in total.